The smallest absolute Gasteiger partial charge is 0.0482 e. The van der Waals surface area contributed by atoms with Crippen LogP contribution in [-0.4, -0.2) is 11.1 Å². The van der Waals surface area contributed by atoms with Crippen molar-refractivity contribution in [2.24, 2.45) is 5.73 Å². The van der Waals surface area contributed by atoms with Crippen LogP contribution in [0.2, 0.25) is 0 Å². The van der Waals surface area contributed by atoms with Gasteiger partial charge in [-0.05, 0) is 36.6 Å². The van der Waals surface area contributed by atoms with Crippen molar-refractivity contribution in [3.63, 3.8) is 0 Å². The molecule has 2 aromatic rings. The van der Waals surface area contributed by atoms with E-state index in [0.29, 0.717) is 6.54 Å². The Morgan fingerprint density at radius 2 is 1.76 bits per heavy atom. The topological polar surface area (TPSA) is 30.9 Å². The Morgan fingerprint density at radius 1 is 1.06 bits per heavy atom. The van der Waals surface area contributed by atoms with E-state index < -0.39 is 0 Å². The van der Waals surface area contributed by atoms with E-state index in [0.717, 1.165) is 13.0 Å². The Balaban J connectivity index is 2.38. The van der Waals surface area contributed by atoms with Crippen molar-refractivity contribution in [1.82, 2.24) is 4.57 Å². The highest BCUT2D eigenvalue weighted by Gasteiger charge is 2.06. The summed E-state index contributed by atoms with van der Waals surface area (Å²) >= 11 is 0. The van der Waals surface area contributed by atoms with Crippen LogP contribution in [-0.2, 0) is 13.0 Å². The normalized spacial score (nSPS) is 10.8. The van der Waals surface area contributed by atoms with Gasteiger partial charge in [-0.15, -0.1) is 0 Å². The summed E-state index contributed by atoms with van der Waals surface area (Å²) in [7, 11) is 0. The summed E-state index contributed by atoms with van der Waals surface area (Å²) in [5.74, 6) is 0. The van der Waals surface area contributed by atoms with Gasteiger partial charge in [-0.3, -0.25) is 0 Å². The van der Waals surface area contributed by atoms with Gasteiger partial charge in [0.1, 0.15) is 0 Å². The van der Waals surface area contributed by atoms with Crippen molar-refractivity contribution in [2.45, 2.75) is 26.8 Å². The molecule has 2 N–H and O–H groups in total. The van der Waals surface area contributed by atoms with Crippen LogP contribution >= 0.6 is 0 Å². The van der Waals surface area contributed by atoms with E-state index in [9.17, 15) is 0 Å². The van der Waals surface area contributed by atoms with Crippen LogP contribution in [0.5, 0.6) is 0 Å². The summed E-state index contributed by atoms with van der Waals surface area (Å²) < 4.78 is 2.28. The first-order valence-electron chi connectivity index (χ1n) is 6.21. The maximum atomic E-state index is 5.66. The van der Waals surface area contributed by atoms with Crippen molar-refractivity contribution in [2.75, 3.05) is 6.54 Å². The highest BCUT2D eigenvalue weighted by Crippen LogP contribution is 2.22. The van der Waals surface area contributed by atoms with Gasteiger partial charge in [0.05, 0.1) is 0 Å². The zero-order valence-corrected chi connectivity index (χ0v) is 10.6. The van der Waals surface area contributed by atoms with E-state index in [1.165, 1.54) is 22.5 Å². The van der Waals surface area contributed by atoms with Crippen LogP contribution in [0, 0.1) is 6.92 Å². The van der Waals surface area contributed by atoms with Gasteiger partial charge in [0.2, 0.25) is 0 Å². The third-order valence-corrected chi connectivity index (χ3v) is 3.21. The van der Waals surface area contributed by atoms with Crippen LogP contribution in [0.3, 0.4) is 0 Å². The third-order valence-electron chi connectivity index (χ3n) is 3.21. The van der Waals surface area contributed by atoms with Crippen LogP contribution in [0.4, 0.5) is 0 Å². The number of hydrogen-bond acceptors (Lipinski definition) is 1. The molecule has 0 saturated heterocycles. The molecule has 2 rings (SSSR count). The molecule has 0 radical (unpaired) electrons. The first-order chi connectivity index (χ1) is 8.26. The maximum absolute atomic E-state index is 5.66. The van der Waals surface area contributed by atoms with Gasteiger partial charge in [0.15, 0.2) is 0 Å². The van der Waals surface area contributed by atoms with Gasteiger partial charge in [0.25, 0.3) is 0 Å². The van der Waals surface area contributed by atoms with E-state index in [2.05, 4.69) is 54.8 Å². The Bertz CT molecular complexity index is 480. The fourth-order valence-corrected chi connectivity index (χ4v) is 2.16. The molecule has 0 aliphatic rings. The molecule has 0 spiro atoms. The summed E-state index contributed by atoms with van der Waals surface area (Å²) in [5.41, 5.74) is 10.8. The first-order valence-corrected chi connectivity index (χ1v) is 6.21. The zero-order valence-electron chi connectivity index (χ0n) is 10.6. The second kappa shape index (κ2) is 5.19. The van der Waals surface area contributed by atoms with Crippen LogP contribution in [0.25, 0.3) is 11.3 Å². The minimum absolute atomic E-state index is 0.676. The van der Waals surface area contributed by atoms with E-state index in [1.54, 1.807) is 0 Å². The van der Waals surface area contributed by atoms with Crippen molar-refractivity contribution in [3.8, 4) is 11.3 Å². The highest BCUT2D eigenvalue weighted by atomic mass is 15.0. The van der Waals surface area contributed by atoms with Crippen molar-refractivity contribution in [1.29, 1.82) is 0 Å². The van der Waals surface area contributed by atoms with Gasteiger partial charge in [-0.1, -0.05) is 31.2 Å². The van der Waals surface area contributed by atoms with E-state index in [-0.39, 0.29) is 0 Å². The van der Waals surface area contributed by atoms with Gasteiger partial charge in [-0.2, -0.15) is 0 Å². The Hall–Kier alpha value is -1.54. The molecule has 0 atom stereocenters. The minimum Gasteiger partial charge on any atom is -0.344 e. The summed E-state index contributed by atoms with van der Waals surface area (Å²) in [5, 5.41) is 0. The van der Waals surface area contributed by atoms with E-state index >= 15 is 0 Å². The lowest BCUT2D eigenvalue weighted by atomic mass is 10.1. The number of hydrogen-bond donors (Lipinski definition) is 1. The fourth-order valence-electron chi connectivity index (χ4n) is 2.16. The molecular weight excluding hydrogens is 208 g/mol. The van der Waals surface area contributed by atoms with E-state index in [4.69, 9.17) is 5.73 Å². The fraction of sp³-hybridized carbons (Fsp3) is 0.333. The van der Waals surface area contributed by atoms with Crippen LogP contribution in [0.1, 0.15) is 18.2 Å². The molecule has 1 aromatic heterocycles. The van der Waals surface area contributed by atoms with Crippen LogP contribution in [0.15, 0.2) is 36.4 Å². The number of aryl methyl sites for hydroxylation is 2. The second-order valence-electron chi connectivity index (χ2n) is 4.35. The highest BCUT2D eigenvalue weighted by molar-refractivity contribution is 5.61. The first kappa shape index (κ1) is 11.9. The Labute approximate surface area is 103 Å². The quantitative estimate of drug-likeness (QED) is 0.857. The molecule has 0 bridgehead atoms. The molecule has 17 heavy (non-hydrogen) atoms. The summed E-state index contributed by atoms with van der Waals surface area (Å²) in [6.07, 6.45) is 1.09. The zero-order chi connectivity index (χ0) is 12.3. The second-order valence-corrected chi connectivity index (χ2v) is 4.35. The Morgan fingerprint density at radius 3 is 2.35 bits per heavy atom. The summed E-state index contributed by atoms with van der Waals surface area (Å²) in [6.45, 7) is 5.86. The Kier molecular flexibility index (Phi) is 3.64. The molecule has 0 amide bonds. The number of nitrogens with two attached hydrogens (primary N) is 1. The number of nitrogens with zero attached hydrogens (tertiary/aromatic N) is 1. The lowest BCUT2D eigenvalue weighted by Crippen LogP contribution is -2.11. The molecular formula is C15H20N2. The average molecular weight is 228 g/mol. The molecule has 2 nitrogen and oxygen atoms in total. The maximum Gasteiger partial charge on any atom is 0.0482 e. The number of benzene rings is 1. The van der Waals surface area contributed by atoms with Gasteiger partial charge in [0, 0.05) is 24.5 Å². The molecule has 2 heteroatoms. The summed E-state index contributed by atoms with van der Waals surface area (Å²) in [6, 6.07) is 13.1. The largest absolute Gasteiger partial charge is 0.344 e. The summed E-state index contributed by atoms with van der Waals surface area (Å²) in [4.78, 5) is 0. The SMILES string of the molecule is CCc1ccc(-c2ccc(C)n2CCN)cc1. The molecule has 1 aromatic carbocycles. The minimum atomic E-state index is 0.676. The molecule has 0 aliphatic carbocycles. The molecule has 1 heterocycles. The number of rotatable bonds is 4. The average Bonchev–Trinajstić information content (AvgIpc) is 2.72. The molecule has 0 aliphatic heterocycles. The van der Waals surface area contributed by atoms with Gasteiger partial charge < -0.3 is 10.3 Å². The predicted molar refractivity (Wildman–Crippen MR) is 73.0 cm³/mol. The van der Waals surface area contributed by atoms with Crippen molar-refractivity contribution in [3.05, 3.63) is 47.7 Å². The lowest BCUT2D eigenvalue weighted by molar-refractivity contribution is 0.700. The standard InChI is InChI=1S/C15H20N2/c1-3-13-5-7-14(8-6-13)15-9-4-12(2)17(15)11-10-16/h4-9H,3,10-11,16H2,1-2H3. The lowest BCUT2D eigenvalue weighted by Gasteiger charge is -2.11. The van der Waals surface area contributed by atoms with Crippen LogP contribution < -0.4 is 5.73 Å². The molecule has 0 unspecified atom stereocenters. The third kappa shape index (κ3) is 2.42. The monoisotopic (exact) mass is 228 g/mol. The predicted octanol–water partition coefficient (Wildman–Crippen LogP) is 2.98. The van der Waals surface area contributed by atoms with Crippen molar-refractivity contribution >= 4 is 0 Å². The van der Waals surface area contributed by atoms with Gasteiger partial charge in [-0.25, -0.2) is 0 Å². The molecule has 0 saturated carbocycles. The number of aromatic nitrogens is 1. The van der Waals surface area contributed by atoms with Gasteiger partial charge >= 0.3 is 0 Å². The van der Waals surface area contributed by atoms with E-state index in [1.807, 2.05) is 0 Å². The molecule has 90 valence electrons. The molecule has 0 fully saturated rings. The van der Waals surface area contributed by atoms with Crippen molar-refractivity contribution < 1.29 is 0 Å².